The molecule has 4 nitrogen and oxygen atoms in total. The lowest BCUT2D eigenvalue weighted by Crippen LogP contribution is -2.47. The van der Waals surface area contributed by atoms with Gasteiger partial charge in [-0.1, -0.05) is 12.1 Å². The first-order chi connectivity index (χ1) is 9.98. The summed E-state index contributed by atoms with van der Waals surface area (Å²) in [6.07, 6.45) is 2.05. The van der Waals surface area contributed by atoms with Gasteiger partial charge in [0.15, 0.2) is 5.96 Å². The number of aromatic nitrogens is 1. The quantitative estimate of drug-likeness (QED) is 0.334. The Hall–Kier alpha value is -0.890. The zero-order valence-electron chi connectivity index (χ0n) is 13.6. The van der Waals surface area contributed by atoms with E-state index in [4.69, 9.17) is 0 Å². The molecule has 6 heteroatoms. The van der Waals surface area contributed by atoms with Gasteiger partial charge in [-0.15, -0.1) is 35.3 Å². The Balaban J connectivity index is 0.00000242. The van der Waals surface area contributed by atoms with Crippen LogP contribution in [0.15, 0.2) is 29.3 Å². The second-order valence-electron chi connectivity index (χ2n) is 6.05. The van der Waals surface area contributed by atoms with Gasteiger partial charge in [-0.25, -0.2) is 4.98 Å². The van der Waals surface area contributed by atoms with E-state index in [9.17, 15) is 0 Å². The number of nitrogens with zero attached hydrogens (tertiary/aromatic N) is 2. The van der Waals surface area contributed by atoms with E-state index >= 15 is 0 Å². The van der Waals surface area contributed by atoms with Gasteiger partial charge in [0, 0.05) is 25.6 Å². The lowest BCUT2D eigenvalue weighted by molar-refractivity contribution is 0.501. The van der Waals surface area contributed by atoms with Gasteiger partial charge in [0.2, 0.25) is 0 Å². The topological polar surface area (TPSA) is 49.3 Å². The molecule has 1 heterocycles. The van der Waals surface area contributed by atoms with E-state index < -0.39 is 0 Å². The number of hydrogen-bond acceptors (Lipinski definition) is 3. The minimum Gasteiger partial charge on any atom is -0.356 e. The van der Waals surface area contributed by atoms with Crippen LogP contribution in [0.25, 0.3) is 10.2 Å². The van der Waals surface area contributed by atoms with Crippen molar-refractivity contribution < 1.29 is 0 Å². The predicted molar refractivity (Wildman–Crippen MR) is 108 cm³/mol. The number of benzene rings is 1. The number of guanidine groups is 1. The largest absolute Gasteiger partial charge is 0.356 e. The maximum absolute atomic E-state index is 4.65. The number of aliphatic imine (C=N–C) groups is 1. The third-order valence-electron chi connectivity index (χ3n) is 2.92. The summed E-state index contributed by atoms with van der Waals surface area (Å²) in [6, 6.07) is 8.30. The van der Waals surface area contributed by atoms with Gasteiger partial charge in [-0.3, -0.25) is 4.99 Å². The lowest BCUT2D eigenvalue weighted by Gasteiger charge is -2.23. The Morgan fingerprint density at radius 3 is 2.64 bits per heavy atom. The number of hydrogen-bond donors (Lipinski definition) is 2. The molecule has 0 unspecified atom stereocenters. The van der Waals surface area contributed by atoms with Crippen LogP contribution in [0.1, 0.15) is 32.2 Å². The SMILES string of the molecule is CN=C(NCCCc1nc2ccccc2s1)NC(C)(C)C.I. The molecule has 0 spiro atoms. The van der Waals surface area contributed by atoms with Crippen LogP contribution >= 0.6 is 35.3 Å². The summed E-state index contributed by atoms with van der Waals surface area (Å²) in [5.74, 6) is 0.854. The van der Waals surface area contributed by atoms with Crippen molar-refractivity contribution in [2.75, 3.05) is 13.6 Å². The van der Waals surface area contributed by atoms with Crippen LogP contribution in [0, 0.1) is 0 Å². The fourth-order valence-corrected chi connectivity index (χ4v) is 3.02. The Bertz CT molecular complexity index is 583. The summed E-state index contributed by atoms with van der Waals surface area (Å²) in [7, 11) is 1.80. The van der Waals surface area contributed by atoms with Crippen LogP contribution < -0.4 is 10.6 Å². The van der Waals surface area contributed by atoms with Crippen molar-refractivity contribution in [1.29, 1.82) is 0 Å². The number of halogens is 1. The maximum Gasteiger partial charge on any atom is 0.191 e. The van der Waals surface area contributed by atoms with E-state index in [0.29, 0.717) is 0 Å². The summed E-state index contributed by atoms with van der Waals surface area (Å²) in [5.41, 5.74) is 1.13. The molecule has 0 fully saturated rings. The van der Waals surface area contributed by atoms with Gasteiger partial charge in [0.05, 0.1) is 15.2 Å². The van der Waals surface area contributed by atoms with Crippen LogP contribution in [0.2, 0.25) is 0 Å². The highest BCUT2D eigenvalue weighted by Crippen LogP contribution is 2.22. The summed E-state index contributed by atoms with van der Waals surface area (Å²) < 4.78 is 1.27. The molecule has 0 atom stereocenters. The lowest BCUT2D eigenvalue weighted by atomic mass is 10.1. The van der Waals surface area contributed by atoms with Crippen LogP contribution in [-0.4, -0.2) is 30.1 Å². The van der Waals surface area contributed by atoms with Crippen LogP contribution in [0.4, 0.5) is 0 Å². The molecule has 1 aromatic heterocycles. The third kappa shape index (κ3) is 6.08. The Kier molecular flexibility index (Phi) is 7.55. The van der Waals surface area contributed by atoms with E-state index in [0.717, 1.165) is 30.9 Å². The summed E-state index contributed by atoms with van der Waals surface area (Å²) in [5, 5.41) is 7.90. The minimum atomic E-state index is 0. The van der Waals surface area contributed by atoms with Crippen molar-refractivity contribution >= 4 is 51.5 Å². The zero-order valence-corrected chi connectivity index (χ0v) is 16.8. The number of rotatable bonds is 4. The minimum absolute atomic E-state index is 0. The molecule has 0 amide bonds. The van der Waals surface area contributed by atoms with Crippen molar-refractivity contribution in [2.45, 2.75) is 39.2 Å². The Labute approximate surface area is 153 Å². The average Bonchev–Trinajstić information content (AvgIpc) is 2.83. The van der Waals surface area contributed by atoms with Gasteiger partial charge in [0.25, 0.3) is 0 Å². The second kappa shape index (κ2) is 8.67. The first-order valence-corrected chi connectivity index (χ1v) is 8.13. The molecule has 0 radical (unpaired) electrons. The number of nitrogens with one attached hydrogen (secondary N) is 2. The molecule has 22 heavy (non-hydrogen) atoms. The van der Waals surface area contributed by atoms with E-state index in [1.54, 1.807) is 18.4 Å². The molecule has 2 rings (SSSR count). The van der Waals surface area contributed by atoms with E-state index in [2.05, 4.69) is 59.6 Å². The molecule has 0 bridgehead atoms. The average molecular weight is 432 g/mol. The van der Waals surface area contributed by atoms with Crippen LogP contribution in [0.5, 0.6) is 0 Å². The molecular formula is C16H25IN4S. The van der Waals surface area contributed by atoms with E-state index in [1.807, 2.05) is 6.07 Å². The fourth-order valence-electron chi connectivity index (χ4n) is 2.01. The molecule has 2 N–H and O–H groups in total. The number of fused-ring (bicyclic) bond motifs is 1. The number of thiazole rings is 1. The second-order valence-corrected chi connectivity index (χ2v) is 7.17. The first-order valence-electron chi connectivity index (χ1n) is 7.31. The Morgan fingerprint density at radius 2 is 2.00 bits per heavy atom. The smallest absolute Gasteiger partial charge is 0.191 e. The molecule has 1 aromatic carbocycles. The van der Waals surface area contributed by atoms with Crippen LogP contribution in [-0.2, 0) is 6.42 Å². The van der Waals surface area contributed by atoms with Crippen molar-refractivity contribution in [3.05, 3.63) is 29.3 Å². The van der Waals surface area contributed by atoms with Crippen molar-refractivity contribution in [3.8, 4) is 0 Å². The predicted octanol–water partition coefficient (Wildman–Crippen LogP) is 3.81. The molecule has 0 saturated heterocycles. The standard InChI is InChI=1S/C16H24N4S.HI/c1-16(2,3)20-15(17-4)18-11-7-10-14-19-12-8-5-6-9-13(12)21-14;/h5-6,8-9H,7,10-11H2,1-4H3,(H2,17,18,20);1H. The number of para-hydroxylation sites is 1. The molecule has 0 saturated carbocycles. The molecule has 0 aliphatic rings. The number of aryl methyl sites for hydroxylation is 1. The monoisotopic (exact) mass is 432 g/mol. The van der Waals surface area contributed by atoms with Gasteiger partial charge < -0.3 is 10.6 Å². The highest BCUT2D eigenvalue weighted by Gasteiger charge is 2.11. The van der Waals surface area contributed by atoms with Gasteiger partial charge >= 0.3 is 0 Å². The molecular weight excluding hydrogens is 407 g/mol. The fraction of sp³-hybridized carbons (Fsp3) is 0.500. The summed E-state index contributed by atoms with van der Waals surface area (Å²) in [6.45, 7) is 7.27. The Morgan fingerprint density at radius 1 is 1.27 bits per heavy atom. The first kappa shape index (κ1) is 19.2. The van der Waals surface area contributed by atoms with Gasteiger partial charge in [0.1, 0.15) is 0 Å². The van der Waals surface area contributed by atoms with Crippen LogP contribution in [0.3, 0.4) is 0 Å². The molecule has 2 aromatic rings. The van der Waals surface area contributed by atoms with Crippen molar-refractivity contribution in [3.63, 3.8) is 0 Å². The highest BCUT2D eigenvalue weighted by atomic mass is 127. The maximum atomic E-state index is 4.65. The van der Waals surface area contributed by atoms with E-state index in [1.165, 1.54) is 9.71 Å². The summed E-state index contributed by atoms with van der Waals surface area (Å²) in [4.78, 5) is 8.89. The third-order valence-corrected chi connectivity index (χ3v) is 4.01. The van der Waals surface area contributed by atoms with Crippen molar-refractivity contribution in [1.82, 2.24) is 15.6 Å². The zero-order chi connectivity index (χ0) is 15.3. The van der Waals surface area contributed by atoms with E-state index in [-0.39, 0.29) is 29.5 Å². The summed E-state index contributed by atoms with van der Waals surface area (Å²) >= 11 is 1.79. The van der Waals surface area contributed by atoms with Gasteiger partial charge in [-0.05, 0) is 39.3 Å². The van der Waals surface area contributed by atoms with Crippen molar-refractivity contribution in [2.24, 2.45) is 4.99 Å². The van der Waals surface area contributed by atoms with Gasteiger partial charge in [-0.2, -0.15) is 0 Å². The molecule has 122 valence electrons. The molecule has 0 aliphatic heterocycles. The molecule has 0 aliphatic carbocycles. The normalized spacial score (nSPS) is 12.1. The highest BCUT2D eigenvalue weighted by molar-refractivity contribution is 14.0.